The van der Waals surface area contributed by atoms with Gasteiger partial charge in [0, 0.05) is 43.3 Å². The van der Waals surface area contributed by atoms with Gasteiger partial charge in [0.05, 0.1) is 13.3 Å². The van der Waals surface area contributed by atoms with Crippen LogP contribution in [0, 0.1) is 13.8 Å². The summed E-state index contributed by atoms with van der Waals surface area (Å²) >= 11 is 0. The first kappa shape index (κ1) is 15.5. The number of rotatable bonds is 4. The Bertz CT molecular complexity index is 652. The van der Waals surface area contributed by atoms with Crippen LogP contribution in [0.25, 0.3) is 0 Å². The second-order valence-corrected chi connectivity index (χ2v) is 5.75. The molecule has 1 aliphatic heterocycles. The van der Waals surface area contributed by atoms with E-state index in [1.807, 2.05) is 19.1 Å². The largest absolute Gasteiger partial charge is 0.489 e. The summed E-state index contributed by atoms with van der Waals surface area (Å²) in [6.45, 7) is 5.97. The Morgan fingerprint density at radius 1 is 1.09 bits per heavy atom. The molecule has 0 aromatic carbocycles. The molecule has 23 heavy (non-hydrogen) atoms. The maximum Gasteiger partial charge on any atom is 0.213 e. The topological polar surface area (TPSA) is 60.4 Å². The van der Waals surface area contributed by atoms with Crippen molar-refractivity contribution >= 4 is 5.82 Å². The van der Waals surface area contributed by atoms with Crippen LogP contribution in [0.3, 0.4) is 0 Å². The highest BCUT2D eigenvalue weighted by Gasteiger charge is 2.23. The Balaban J connectivity index is 1.58. The molecular formula is C17H22N4O2. The lowest BCUT2D eigenvalue weighted by Crippen LogP contribution is -2.39. The molecule has 2 aromatic rings. The van der Waals surface area contributed by atoms with E-state index in [2.05, 4.69) is 26.8 Å². The maximum absolute atomic E-state index is 6.02. The van der Waals surface area contributed by atoms with Gasteiger partial charge in [0.2, 0.25) is 5.88 Å². The van der Waals surface area contributed by atoms with Crippen LogP contribution in [0.2, 0.25) is 0 Å². The van der Waals surface area contributed by atoms with Gasteiger partial charge in [0.1, 0.15) is 24.0 Å². The van der Waals surface area contributed by atoms with Crippen molar-refractivity contribution in [2.45, 2.75) is 32.8 Å². The van der Waals surface area contributed by atoms with Gasteiger partial charge in [-0.05, 0) is 19.9 Å². The average Bonchev–Trinajstić information content (AvgIpc) is 2.59. The van der Waals surface area contributed by atoms with Crippen molar-refractivity contribution in [2.75, 3.05) is 25.1 Å². The number of nitrogens with zero attached hydrogens (tertiary/aromatic N) is 4. The molecule has 0 unspecified atom stereocenters. The number of methoxy groups -OCH3 is 1. The third-order valence-electron chi connectivity index (χ3n) is 4.27. The van der Waals surface area contributed by atoms with Crippen LogP contribution in [-0.2, 0) is 0 Å². The number of hydrogen-bond donors (Lipinski definition) is 0. The fourth-order valence-corrected chi connectivity index (χ4v) is 2.78. The summed E-state index contributed by atoms with van der Waals surface area (Å²) in [5, 5.41) is 0. The smallest absolute Gasteiger partial charge is 0.213 e. The quantitative estimate of drug-likeness (QED) is 0.864. The number of piperidine rings is 1. The summed E-state index contributed by atoms with van der Waals surface area (Å²) in [6, 6.07) is 3.72. The van der Waals surface area contributed by atoms with Crippen molar-refractivity contribution in [1.29, 1.82) is 0 Å². The zero-order valence-electron chi connectivity index (χ0n) is 13.8. The van der Waals surface area contributed by atoms with E-state index in [9.17, 15) is 0 Å². The Labute approximate surface area is 136 Å². The summed E-state index contributed by atoms with van der Waals surface area (Å²) in [5.41, 5.74) is 2.20. The summed E-state index contributed by atoms with van der Waals surface area (Å²) in [6.07, 6.45) is 5.50. The summed E-state index contributed by atoms with van der Waals surface area (Å²) in [5.74, 6) is 2.43. The van der Waals surface area contributed by atoms with Crippen LogP contribution in [0.15, 0.2) is 24.7 Å². The molecule has 0 spiro atoms. The third-order valence-corrected chi connectivity index (χ3v) is 4.27. The van der Waals surface area contributed by atoms with Crippen LogP contribution < -0.4 is 14.4 Å². The van der Waals surface area contributed by atoms with E-state index < -0.39 is 0 Å². The minimum absolute atomic E-state index is 0.213. The van der Waals surface area contributed by atoms with Crippen molar-refractivity contribution in [1.82, 2.24) is 15.0 Å². The number of hydrogen-bond acceptors (Lipinski definition) is 6. The number of ether oxygens (including phenoxy) is 2. The molecule has 0 radical (unpaired) electrons. The van der Waals surface area contributed by atoms with E-state index in [0.717, 1.165) is 48.8 Å². The predicted molar refractivity (Wildman–Crippen MR) is 88.2 cm³/mol. The molecule has 122 valence electrons. The molecule has 0 N–H and O–H groups in total. The van der Waals surface area contributed by atoms with E-state index >= 15 is 0 Å². The van der Waals surface area contributed by atoms with Gasteiger partial charge in [-0.25, -0.2) is 15.0 Å². The van der Waals surface area contributed by atoms with Crippen molar-refractivity contribution in [3.63, 3.8) is 0 Å². The fourth-order valence-electron chi connectivity index (χ4n) is 2.78. The zero-order valence-corrected chi connectivity index (χ0v) is 13.8. The van der Waals surface area contributed by atoms with Crippen LogP contribution in [0.1, 0.15) is 24.1 Å². The Kier molecular flexibility index (Phi) is 4.60. The maximum atomic E-state index is 6.02. The van der Waals surface area contributed by atoms with Gasteiger partial charge in [0.15, 0.2) is 0 Å². The van der Waals surface area contributed by atoms with Gasteiger partial charge < -0.3 is 14.4 Å². The lowest BCUT2D eigenvalue weighted by atomic mass is 10.1. The third kappa shape index (κ3) is 3.52. The normalized spacial score (nSPS) is 15.5. The summed E-state index contributed by atoms with van der Waals surface area (Å²) in [4.78, 5) is 15.2. The summed E-state index contributed by atoms with van der Waals surface area (Å²) in [7, 11) is 1.61. The molecule has 0 amide bonds. The van der Waals surface area contributed by atoms with E-state index in [1.165, 1.54) is 0 Å². The molecule has 0 saturated carbocycles. The number of aromatic nitrogens is 3. The molecule has 1 aliphatic rings. The van der Waals surface area contributed by atoms with E-state index in [0.29, 0.717) is 5.88 Å². The first-order chi connectivity index (χ1) is 11.2. The van der Waals surface area contributed by atoms with Crippen LogP contribution in [-0.4, -0.2) is 41.3 Å². The van der Waals surface area contributed by atoms with Gasteiger partial charge in [-0.2, -0.15) is 0 Å². The zero-order chi connectivity index (χ0) is 16.2. The predicted octanol–water partition coefficient (Wildman–Crippen LogP) is 2.54. The van der Waals surface area contributed by atoms with Crippen molar-refractivity contribution in [3.05, 3.63) is 35.9 Å². The van der Waals surface area contributed by atoms with Gasteiger partial charge in [-0.15, -0.1) is 0 Å². The molecule has 3 heterocycles. The van der Waals surface area contributed by atoms with E-state index in [4.69, 9.17) is 9.47 Å². The second-order valence-electron chi connectivity index (χ2n) is 5.75. The highest BCUT2D eigenvalue weighted by Crippen LogP contribution is 2.25. The van der Waals surface area contributed by atoms with Crippen LogP contribution in [0.4, 0.5) is 5.82 Å². The molecule has 6 heteroatoms. The minimum Gasteiger partial charge on any atom is -0.489 e. The Morgan fingerprint density at radius 3 is 2.52 bits per heavy atom. The molecule has 0 bridgehead atoms. The van der Waals surface area contributed by atoms with Crippen LogP contribution in [0.5, 0.6) is 11.6 Å². The van der Waals surface area contributed by atoms with E-state index in [-0.39, 0.29) is 6.10 Å². The van der Waals surface area contributed by atoms with Gasteiger partial charge in [-0.3, -0.25) is 0 Å². The highest BCUT2D eigenvalue weighted by molar-refractivity contribution is 5.47. The monoisotopic (exact) mass is 314 g/mol. The fraction of sp³-hybridized carbons (Fsp3) is 0.471. The number of anilines is 1. The van der Waals surface area contributed by atoms with Crippen LogP contribution >= 0.6 is 0 Å². The molecule has 3 rings (SSSR count). The SMILES string of the molecule is COc1ccc(OC2CCN(c3ncnc(C)c3C)CC2)cn1. The van der Waals surface area contributed by atoms with Gasteiger partial charge in [-0.1, -0.05) is 0 Å². The molecule has 6 nitrogen and oxygen atoms in total. The van der Waals surface area contributed by atoms with E-state index in [1.54, 1.807) is 19.6 Å². The number of aryl methyl sites for hydroxylation is 1. The van der Waals surface area contributed by atoms with Gasteiger partial charge >= 0.3 is 0 Å². The molecule has 0 aliphatic carbocycles. The van der Waals surface area contributed by atoms with Crippen molar-refractivity contribution < 1.29 is 9.47 Å². The first-order valence-electron chi connectivity index (χ1n) is 7.87. The number of pyridine rings is 1. The molecule has 1 saturated heterocycles. The molecular weight excluding hydrogens is 292 g/mol. The average molecular weight is 314 g/mol. The Hall–Kier alpha value is -2.37. The molecule has 1 fully saturated rings. The summed E-state index contributed by atoms with van der Waals surface area (Å²) < 4.78 is 11.1. The standard InChI is InChI=1S/C17H22N4O2/c1-12-13(2)19-11-20-17(12)21-8-6-14(7-9-21)23-15-4-5-16(22-3)18-10-15/h4-5,10-11,14H,6-9H2,1-3H3. The Morgan fingerprint density at radius 2 is 1.87 bits per heavy atom. The van der Waals surface area contributed by atoms with Crippen molar-refractivity contribution in [2.24, 2.45) is 0 Å². The lowest BCUT2D eigenvalue weighted by molar-refractivity contribution is 0.169. The lowest BCUT2D eigenvalue weighted by Gasteiger charge is -2.33. The minimum atomic E-state index is 0.213. The van der Waals surface area contributed by atoms with Crippen molar-refractivity contribution in [3.8, 4) is 11.6 Å². The highest BCUT2D eigenvalue weighted by atomic mass is 16.5. The molecule has 2 aromatic heterocycles. The molecule has 0 atom stereocenters. The second kappa shape index (κ2) is 6.81. The first-order valence-corrected chi connectivity index (χ1v) is 7.87. The van der Waals surface area contributed by atoms with Gasteiger partial charge in [0.25, 0.3) is 0 Å².